The largest absolute Gasteiger partial charge is 0.355 e. The molecule has 1 aliphatic heterocycles. The van der Waals surface area contributed by atoms with Crippen LogP contribution in [0.2, 0.25) is 0 Å². The number of aromatic nitrogens is 2. The molecule has 5 heteroatoms. The second-order valence-corrected chi connectivity index (χ2v) is 7.25. The highest BCUT2D eigenvalue weighted by Crippen LogP contribution is 2.24. The molecule has 1 aromatic rings. The van der Waals surface area contributed by atoms with Gasteiger partial charge in [0.15, 0.2) is 0 Å². The first kappa shape index (κ1) is 14.6. The fraction of sp³-hybridized carbons (Fsp3) is 0.714. The van der Waals surface area contributed by atoms with Crippen LogP contribution in [0.15, 0.2) is 12.4 Å². The van der Waals surface area contributed by atoms with Gasteiger partial charge in [-0.2, -0.15) is 11.8 Å². The lowest BCUT2D eigenvalue weighted by Crippen LogP contribution is -2.36. The molecule has 2 heterocycles. The molecular weight excluding hydrogens is 256 g/mol. The molecule has 0 aromatic carbocycles. The molecule has 19 heavy (non-hydrogen) atoms. The molecule has 106 valence electrons. The van der Waals surface area contributed by atoms with Crippen molar-refractivity contribution in [3.63, 3.8) is 0 Å². The Balaban J connectivity index is 2.01. The summed E-state index contributed by atoms with van der Waals surface area (Å²) in [6.45, 7) is 7.24. The molecule has 0 bridgehead atoms. The van der Waals surface area contributed by atoms with E-state index in [0.717, 1.165) is 18.1 Å². The lowest BCUT2D eigenvalue weighted by Gasteiger charge is -2.25. The smallest absolute Gasteiger partial charge is 0.147 e. The van der Waals surface area contributed by atoms with Crippen molar-refractivity contribution < 1.29 is 0 Å². The first-order valence-electron chi connectivity index (χ1n) is 6.82. The maximum Gasteiger partial charge on any atom is 0.147 e. The number of thioether (sulfide) groups is 1. The SMILES string of the molecule is CN(c1cncc(CNC(C)(C)C)n1)C1CCSC1. The second-order valence-electron chi connectivity index (χ2n) is 6.10. The summed E-state index contributed by atoms with van der Waals surface area (Å²) in [6, 6.07) is 0.602. The first-order valence-corrected chi connectivity index (χ1v) is 7.98. The van der Waals surface area contributed by atoms with Crippen LogP contribution in [-0.2, 0) is 6.54 Å². The van der Waals surface area contributed by atoms with E-state index in [1.807, 2.05) is 24.2 Å². The summed E-state index contributed by atoms with van der Waals surface area (Å²) < 4.78 is 0. The topological polar surface area (TPSA) is 41.1 Å². The number of rotatable bonds is 4. The Labute approximate surface area is 120 Å². The van der Waals surface area contributed by atoms with Gasteiger partial charge in [-0.1, -0.05) is 0 Å². The van der Waals surface area contributed by atoms with E-state index in [-0.39, 0.29) is 5.54 Å². The van der Waals surface area contributed by atoms with E-state index in [4.69, 9.17) is 4.98 Å². The molecule has 1 N–H and O–H groups in total. The van der Waals surface area contributed by atoms with E-state index in [1.165, 1.54) is 17.9 Å². The van der Waals surface area contributed by atoms with Crippen molar-refractivity contribution in [3.05, 3.63) is 18.1 Å². The van der Waals surface area contributed by atoms with E-state index >= 15 is 0 Å². The number of anilines is 1. The zero-order valence-corrected chi connectivity index (χ0v) is 13.1. The average Bonchev–Trinajstić information content (AvgIpc) is 2.89. The Morgan fingerprint density at radius 2 is 2.21 bits per heavy atom. The molecule has 1 fully saturated rings. The summed E-state index contributed by atoms with van der Waals surface area (Å²) in [5.74, 6) is 3.44. The third kappa shape index (κ3) is 4.35. The monoisotopic (exact) mass is 280 g/mol. The van der Waals surface area contributed by atoms with Crippen molar-refractivity contribution in [3.8, 4) is 0 Å². The summed E-state index contributed by atoms with van der Waals surface area (Å²) >= 11 is 2.02. The summed E-state index contributed by atoms with van der Waals surface area (Å²) in [6.07, 6.45) is 4.95. The predicted molar refractivity (Wildman–Crippen MR) is 82.8 cm³/mol. The maximum absolute atomic E-state index is 4.71. The van der Waals surface area contributed by atoms with Crippen LogP contribution in [0.5, 0.6) is 0 Å². The third-order valence-corrected chi connectivity index (χ3v) is 4.43. The molecule has 4 nitrogen and oxygen atoms in total. The average molecular weight is 280 g/mol. The normalized spacial score (nSPS) is 19.7. The van der Waals surface area contributed by atoms with Crippen molar-refractivity contribution in [1.82, 2.24) is 15.3 Å². The fourth-order valence-corrected chi connectivity index (χ4v) is 3.29. The predicted octanol–water partition coefficient (Wildman–Crippen LogP) is 2.31. The van der Waals surface area contributed by atoms with Gasteiger partial charge in [-0.15, -0.1) is 0 Å². The number of nitrogens with zero attached hydrogens (tertiary/aromatic N) is 3. The molecule has 1 saturated heterocycles. The van der Waals surface area contributed by atoms with E-state index in [0.29, 0.717) is 6.04 Å². The zero-order chi connectivity index (χ0) is 13.9. The minimum Gasteiger partial charge on any atom is -0.355 e. The molecule has 1 atom stereocenters. The minimum absolute atomic E-state index is 0.103. The number of hydrogen-bond donors (Lipinski definition) is 1. The van der Waals surface area contributed by atoms with Crippen molar-refractivity contribution in [2.24, 2.45) is 0 Å². The Kier molecular flexibility index (Phi) is 4.68. The van der Waals surface area contributed by atoms with Crippen LogP contribution in [-0.4, -0.2) is 40.1 Å². The number of hydrogen-bond acceptors (Lipinski definition) is 5. The lowest BCUT2D eigenvalue weighted by molar-refractivity contribution is 0.421. The van der Waals surface area contributed by atoms with Crippen LogP contribution in [0, 0.1) is 0 Å². The second kappa shape index (κ2) is 6.09. The molecule has 1 aromatic heterocycles. The highest BCUT2D eigenvalue weighted by Gasteiger charge is 2.21. The summed E-state index contributed by atoms with van der Waals surface area (Å²) in [7, 11) is 2.13. The van der Waals surface area contributed by atoms with Crippen LogP contribution in [0.25, 0.3) is 0 Å². The highest BCUT2D eigenvalue weighted by molar-refractivity contribution is 7.99. The molecule has 2 rings (SSSR count). The van der Waals surface area contributed by atoms with Crippen molar-refractivity contribution in [1.29, 1.82) is 0 Å². The van der Waals surface area contributed by atoms with Gasteiger partial charge >= 0.3 is 0 Å². The van der Waals surface area contributed by atoms with Gasteiger partial charge in [-0.3, -0.25) is 4.98 Å². The number of nitrogens with one attached hydrogen (secondary N) is 1. The molecule has 0 aliphatic carbocycles. The Hall–Kier alpha value is -0.810. The molecule has 0 saturated carbocycles. The van der Waals surface area contributed by atoms with Gasteiger partial charge in [0.1, 0.15) is 5.82 Å². The van der Waals surface area contributed by atoms with E-state index in [1.54, 1.807) is 0 Å². The maximum atomic E-state index is 4.71. The lowest BCUT2D eigenvalue weighted by atomic mass is 10.1. The highest BCUT2D eigenvalue weighted by atomic mass is 32.2. The molecule has 1 aliphatic rings. The van der Waals surface area contributed by atoms with E-state index in [9.17, 15) is 0 Å². The molecule has 0 spiro atoms. The standard InChI is InChI=1S/C14H24N4S/c1-14(2,3)16-8-11-7-15-9-13(17-11)18(4)12-5-6-19-10-12/h7,9,12,16H,5-6,8,10H2,1-4H3. The zero-order valence-electron chi connectivity index (χ0n) is 12.3. The molecule has 0 amide bonds. The summed E-state index contributed by atoms with van der Waals surface area (Å²) in [5, 5.41) is 3.45. The fourth-order valence-electron chi connectivity index (χ4n) is 2.02. The van der Waals surface area contributed by atoms with Gasteiger partial charge in [0.05, 0.1) is 11.9 Å². The Bertz CT molecular complexity index is 410. The Morgan fingerprint density at radius 3 is 2.84 bits per heavy atom. The van der Waals surface area contributed by atoms with Gasteiger partial charge in [0, 0.05) is 37.1 Å². The molecule has 1 unspecified atom stereocenters. The molecule has 0 radical (unpaired) electrons. The van der Waals surface area contributed by atoms with Crippen molar-refractivity contribution in [2.75, 3.05) is 23.5 Å². The van der Waals surface area contributed by atoms with Crippen molar-refractivity contribution in [2.45, 2.75) is 45.3 Å². The van der Waals surface area contributed by atoms with Gasteiger partial charge in [0.2, 0.25) is 0 Å². The van der Waals surface area contributed by atoms with Gasteiger partial charge in [0.25, 0.3) is 0 Å². The van der Waals surface area contributed by atoms with Crippen LogP contribution in [0.4, 0.5) is 5.82 Å². The summed E-state index contributed by atoms with van der Waals surface area (Å²) in [5.41, 5.74) is 1.11. The Morgan fingerprint density at radius 1 is 1.42 bits per heavy atom. The third-order valence-electron chi connectivity index (χ3n) is 3.29. The van der Waals surface area contributed by atoms with Crippen molar-refractivity contribution >= 4 is 17.6 Å². The van der Waals surface area contributed by atoms with Gasteiger partial charge in [-0.05, 0) is 32.9 Å². The molecular formula is C14H24N4S. The van der Waals surface area contributed by atoms with Crippen LogP contribution in [0.3, 0.4) is 0 Å². The van der Waals surface area contributed by atoms with Crippen LogP contribution < -0.4 is 10.2 Å². The quantitative estimate of drug-likeness (QED) is 0.916. The van der Waals surface area contributed by atoms with Gasteiger partial charge in [-0.25, -0.2) is 4.98 Å². The van der Waals surface area contributed by atoms with E-state index in [2.05, 4.69) is 43.0 Å². The summed E-state index contributed by atoms with van der Waals surface area (Å²) in [4.78, 5) is 11.3. The first-order chi connectivity index (χ1) is 8.96. The minimum atomic E-state index is 0.103. The van der Waals surface area contributed by atoms with E-state index < -0.39 is 0 Å². The van der Waals surface area contributed by atoms with Crippen LogP contribution in [0.1, 0.15) is 32.9 Å². The van der Waals surface area contributed by atoms with Crippen LogP contribution >= 0.6 is 11.8 Å². The van der Waals surface area contributed by atoms with Gasteiger partial charge < -0.3 is 10.2 Å².